The van der Waals surface area contributed by atoms with Crippen molar-refractivity contribution < 1.29 is 24.1 Å². The Morgan fingerprint density at radius 1 is 1.41 bits per heavy atom. The topological polar surface area (TPSA) is 77.0 Å². The van der Waals surface area contributed by atoms with Crippen LogP contribution in [0.15, 0.2) is 30.3 Å². The van der Waals surface area contributed by atoms with E-state index in [-0.39, 0.29) is 13.4 Å². The van der Waals surface area contributed by atoms with Gasteiger partial charge in [-0.2, -0.15) is 0 Å². The van der Waals surface area contributed by atoms with Gasteiger partial charge in [-0.05, 0) is 12.5 Å². The minimum absolute atomic E-state index is 0.0471. The first-order valence-corrected chi connectivity index (χ1v) is 6.80. The predicted octanol–water partition coefficient (Wildman–Crippen LogP) is 1.28. The van der Waals surface area contributed by atoms with Gasteiger partial charge in [-0.3, -0.25) is 0 Å². The Morgan fingerprint density at radius 2 is 2.09 bits per heavy atom. The van der Waals surface area contributed by atoms with Gasteiger partial charge in [0.15, 0.2) is 0 Å². The van der Waals surface area contributed by atoms with E-state index >= 15 is 0 Å². The van der Waals surface area contributed by atoms with Crippen molar-refractivity contribution in [3.05, 3.63) is 35.9 Å². The fraction of sp³-hybridized carbons (Fsp3) is 0.438. The van der Waals surface area contributed by atoms with Gasteiger partial charge >= 0.3 is 6.09 Å². The Balaban J connectivity index is 2.53. The van der Waals surface area contributed by atoms with Gasteiger partial charge in [0, 0.05) is 7.11 Å². The first-order valence-electron chi connectivity index (χ1n) is 6.80. The minimum Gasteiger partial charge on any atom is -0.445 e. The Kier molecular flexibility index (Phi) is 8.00. The summed E-state index contributed by atoms with van der Waals surface area (Å²) < 4.78 is 15.1. The zero-order valence-corrected chi connectivity index (χ0v) is 12.7. The zero-order valence-electron chi connectivity index (χ0n) is 12.7. The Morgan fingerprint density at radius 3 is 2.64 bits per heavy atom. The third-order valence-corrected chi connectivity index (χ3v) is 2.85. The number of nitrogens with one attached hydrogen (secondary N) is 1. The molecule has 120 valence electrons. The van der Waals surface area contributed by atoms with Crippen LogP contribution in [-0.2, 0) is 20.8 Å². The van der Waals surface area contributed by atoms with Crippen LogP contribution in [0, 0.1) is 12.3 Å². The number of aliphatic hydroxyl groups excluding tert-OH is 1. The SMILES string of the molecule is C#C[C@H](NC(=O)OCc1ccccc1)[C@H](OCOC)[C@@H](C)O. The predicted molar refractivity (Wildman–Crippen MR) is 80.8 cm³/mol. The molecule has 1 aromatic carbocycles. The number of ether oxygens (including phenoxy) is 3. The van der Waals surface area contributed by atoms with E-state index in [1.165, 1.54) is 14.0 Å². The summed E-state index contributed by atoms with van der Waals surface area (Å²) in [6.07, 6.45) is 3.02. The van der Waals surface area contributed by atoms with Gasteiger partial charge in [-0.25, -0.2) is 4.79 Å². The van der Waals surface area contributed by atoms with Crippen molar-refractivity contribution in [1.29, 1.82) is 0 Å². The fourth-order valence-electron chi connectivity index (χ4n) is 1.77. The number of terminal acetylenes is 1. The van der Waals surface area contributed by atoms with E-state index in [0.717, 1.165) is 5.56 Å². The molecule has 0 aliphatic rings. The van der Waals surface area contributed by atoms with Crippen LogP contribution in [0.2, 0.25) is 0 Å². The molecular formula is C16H21NO5. The van der Waals surface area contributed by atoms with Crippen LogP contribution < -0.4 is 5.32 Å². The lowest BCUT2D eigenvalue weighted by molar-refractivity contribution is -0.113. The molecule has 1 amide bonds. The highest BCUT2D eigenvalue weighted by Crippen LogP contribution is 2.07. The number of methoxy groups -OCH3 is 1. The summed E-state index contributed by atoms with van der Waals surface area (Å²) >= 11 is 0. The molecule has 0 aromatic heterocycles. The molecule has 0 unspecified atom stereocenters. The quantitative estimate of drug-likeness (QED) is 0.559. The van der Waals surface area contributed by atoms with Crippen molar-refractivity contribution in [2.24, 2.45) is 0 Å². The van der Waals surface area contributed by atoms with Crippen molar-refractivity contribution in [3.63, 3.8) is 0 Å². The molecule has 0 aliphatic carbocycles. The smallest absolute Gasteiger partial charge is 0.408 e. The van der Waals surface area contributed by atoms with E-state index < -0.39 is 24.3 Å². The minimum atomic E-state index is -0.884. The number of carbonyl (C=O) groups is 1. The van der Waals surface area contributed by atoms with Crippen molar-refractivity contribution >= 4 is 6.09 Å². The van der Waals surface area contributed by atoms with Crippen LogP contribution in [0.4, 0.5) is 4.79 Å². The summed E-state index contributed by atoms with van der Waals surface area (Å²) in [6.45, 7) is 1.60. The highest BCUT2D eigenvalue weighted by atomic mass is 16.7. The second-order valence-electron chi connectivity index (χ2n) is 4.63. The van der Waals surface area contributed by atoms with Gasteiger partial charge < -0.3 is 24.6 Å². The molecule has 0 saturated heterocycles. The lowest BCUT2D eigenvalue weighted by atomic mass is 10.1. The van der Waals surface area contributed by atoms with Crippen LogP contribution in [0.25, 0.3) is 0 Å². The Labute approximate surface area is 130 Å². The summed E-state index contributed by atoms with van der Waals surface area (Å²) in [7, 11) is 1.45. The molecule has 0 heterocycles. The molecule has 6 heteroatoms. The first-order chi connectivity index (χ1) is 10.6. The molecule has 2 N–H and O–H groups in total. The lowest BCUT2D eigenvalue weighted by Crippen LogP contribution is -2.48. The molecule has 0 saturated carbocycles. The molecule has 1 rings (SSSR count). The maximum Gasteiger partial charge on any atom is 0.408 e. The summed E-state index contributed by atoms with van der Waals surface area (Å²) in [6, 6.07) is 8.42. The van der Waals surface area contributed by atoms with Crippen molar-refractivity contribution in [1.82, 2.24) is 5.32 Å². The Bertz CT molecular complexity index is 483. The van der Waals surface area contributed by atoms with E-state index in [4.69, 9.17) is 20.6 Å². The molecule has 0 bridgehead atoms. The molecule has 0 aliphatic heterocycles. The van der Waals surface area contributed by atoms with Gasteiger partial charge in [0.05, 0.1) is 6.10 Å². The highest BCUT2D eigenvalue weighted by molar-refractivity contribution is 5.68. The monoisotopic (exact) mass is 307 g/mol. The van der Waals surface area contributed by atoms with Crippen molar-refractivity contribution in [2.75, 3.05) is 13.9 Å². The van der Waals surface area contributed by atoms with Gasteiger partial charge in [-0.15, -0.1) is 6.42 Å². The number of hydrogen-bond donors (Lipinski definition) is 2. The maximum absolute atomic E-state index is 11.8. The fourth-order valence-corrected chi connectivity index (χ4v) is 1.77. The van der Waals surface area contributed by atoms with Crippen LogP contribution >= 0.6 is 0 Å². The van der Waals surface area contributed by atoms with Crippen molar-refractivity contribution in [2.45, 2.75) is 31.8 Å². The third kappa shape index (κ3) is 6.14. The summed E-state index contributed by atoms with van der Waals surface area (Å²) in [5, 5.41) is 12.2. The number of rotatable bonds is 8. The van der Waals surface area contributed by atoms with Crippen LogP contribution in [0.1, 0.15) is 12.5 Å². The third-order valence-electron chi connectivity index (χ3n) is 2.85. The van der Waals surface area contributed by atoms with Crippen LogP contribution in [0.3, 0.4) is 0 Å². The number of amides is 1. The largest absolute Gasteiger partial charge is 0.445 e. The normalized spacial score (nSPS) is 14.5. The van der Waals surface area contributed by atoms with Gasteiger partial charge in [-0.1, -0.05) is 36.3 Å². The van der Waals surface area contributed by atoms with E-state index in [1.54, 1.807) is 0 Å². The summed E-state index contributed by atoms with van der Waals surface area (Å²) in [5.74, 6) is 2.37. The summed E-state index contributed by atoms with van der Waals surface area (Å²) in [4.78, 5) is 11.8. The molecule has 22 heavy (non-hydrogen) atoms. The van der Waals surface area contributed by atoms with Gasteiger partial charge in [0.25, 0.3) is 0 Å². The van der Waals surface area contributed by atoms with Gasteiger partial charge in [0.2, 0.25) is 0 Å². The van der Waals surface area contributed by atoms with Crippen LogP contribution in [0.5, 0.6) is 0 Å². The number of hydrogen-bond acceptors (Lipinski definition) is 5. The average molecular weight is 307 g/mol. The molecule has 3 atom stereocenters. The number of aliphatic hydroxyl groups is 1. The molecule has 0 fully saturated rings. The number of carbonyl (C=O) groups excluding carboxylic acids is 1. The summed E-state index contributed by atoms with van der Waals surface area (Å²) in [5.41, 5.74) is 0.859. The van der Waals surface area contributed by atoms with E-state index in [2.05, 4.69) is 11.2 Å². The van der Waals surface area contributed by atoms with E-state index in [0.29, 0.717) is 0 Å². The zero-order chi connectivity index (χ0) is 16.4. The lowest BCUT2D eigenvalue weighted by Gasteiger charge is -2.26. The first kappa shape index (κ1) is 18.0. The Hall–Kier alpha value is -2.07. The molecular weight excluding hydrogens is 286 g/mol. The molecule has 0 radical (unpaired) electrons. The highest BCUT2D eigenvalue weighted by Gasteiger charge is 2.27. The van der Waals surface area contributed by atoms with E-state index in [9.17, 15) is 9.90 Å². The van der Waals surface area contributed by atoms with Crippen molar-refractivity contribution in [3.8, 4) is 12.3 Å². The second kappa shape index (κ2) is 9.79. The molecule has 6 nitrogen and oxygen atoms in total. The average Bonchev–Trinajstić information content (AvgIpc) is 2.52. The standard InChI is InChI=1S/C16H21NO5/c1-4-14(15(12(2)18)22-11-20-3)17-16(19)21-10-13-8-6-5-7-9-13/h1,5-9,12,14-15,18H,10-11H2,2-3H3,(H,17,19)/t12-,14+,15-/m1/s1. The van der Waals surface area contributed by atoms with Gasteiger partial charge in [0.1, 0.15) is 25.5 Å². The van der Waals surface area contributed by atoms with Crippen LogP contribution in [-0.4, -0.2) is 43.4 Å². The molecule has 0 spiro atoms. The number of alkyl carbamates (subject to hydrolysis) is 1. The maximum atomic E-state index is 11.8. The second-order valence-corrected chi connectivity index (χ2v) is 4.63. The van der Waals surface area contributed by atoms with E-state index in [1.807, 2.05) is 30.3 Å². The number of benzene rings is 1. The molecule has 1 aromatic rings.